The van der Waals surface area contributed by atoms with Crippen LogP contribution in [0.1, 0.15) is 18.1 Å². The van der Waals surface area contributed by atoms with Gasteiger partial charge in [-0.1, -0.05) is 24.3 Å². The first-order chi connectivity index (χ1) is 8.74. The topological polar surface area (TPSA) is 26.3 Å². The Morgan fingerprint density at radius 3 is 2.28 bits per heavy atom. The van der Waals surface area contributed by atoms with Gasteiger partial charge >= 0.3 is 5.97 Å². The molecule has 0 aliphatic rings. The van der Waals surface area contributed by atoms with Crippen molar-refractivity contribution in [3.05, 3.63) is 65.7 Å². The Labute approximate surface area is 107 Å². The zero-order chi connectivity index (χ0) is 12.8. The van der Waals surface area contributed by atoms with Crippen molar-refractivity contribution in [3.63, 3.8) is 0 Å². The van der Waals surface area contributed by atoms with Gasteiger partial charge in [-0.25, -0.2) is 0 Å². The second kappa shape index (κ2) is 5.82. The lowest BCUT2D eigenvalue weighted by Crippen LogP contribution is -2.00. The van der Waals surface area contributed by atoms with Crippen molar-refractivity contribution in [1.29, 1.82) is 0 Å². The van der Waals surface area contributed by atoms with E-state index in [1.165, 1.54) is 6.92 Å². The zero-order valence-electron chi connectivity index (χ0n) is 9.94. The molecule has 2 aromatic carbocycles. The maximum atomic E-state index is 10.8. The molecule has 0 atom stereocenters. The zero-order valence-corrected chi connectivity index (χ0v) is 9.94. The molecule has 3 radical (unpaired) electrons. The minimum Gasteiger partial charge on any atom is -0.427 e. The summed E-state index contributed by atoms with van der Waals surface area (Å²) in [6, 6.07) is 19.4. The number of hydrogen-bond acceptors (Lipinski definition) is 2. The molecule has 0 amide bonds. The van der Waals surface area contributed by atoms with Gasteiger partial charge in [-0.2, -0.15) is 0 Å². The van der Waals surface area contributed by atoms with Crippen LogP contribution in [0.5, 0.6) is 5.75 Å². The van der Waals surface area contributed by atoms with Crippen molar-refractivity contribution >= 4 is 18.1 Å². The van der Waals surface area contributed by atoms with Gasteiger partial charge in [0, 0.05) is 6.92 Å². The minimum atomic E-state index is -0.315. The first kappa shape index (κ1) is 12.1. The van der Waals surface area contributed by atoms with Crippen LogP contribution in [-0.2, 0) is 4.79 Å². The Morgan fingerprint density at radius 2 is 1.67 bits per heavy atom. The summed E-state index contributed by atoms with van der Waals surface area (Å²) < 4.78 is 4.95. The average molecular weight is 235 g/mol. The molecule has 2 nitrogen and oxygen atoms in total. The molecule has 0 fully saturated rings. The number of ether oxygens (including phenoxy) is 1. The number of rotatable bonds is 3. The largest absolute Gasteiger partial charge is 0.427 e. The summed E-state index contributed by atoms with van der Waals surface area (Å²) in [7, 11) is 0. The number of benzene rings is 2. The standard InChI is InChI=1S/C16H11O2/c1-13(17)18-16-11-9-15(10-12-16)8-7-14-5-3-2-4-6-14/h5-12H,1H3/b8-7+. The molecule has 0 bridgehead atoms. The van der Waals surface area contributed by atoms with Crippen LogP contribution >= 0.6 is 0 Å². The fourth-order valence-electron chi connectivity index (χ4n) is 1.42. The summed E-state index contributed by atoms with van der Waals surface area (Å²) in [5.41, 5.74) is 2.04. The second-order valence-corrected chi connectivity index (χ2v) is 3.70. The van der Waals surface area contributed by atoms with E-state index >= 15 is 0 Å². The second-order valence-electron chi connectivity index (χ2n) is 3.70. The van der Waals surface area contributed by atoms with Crippen LogP contribution in [0, 0.1) is 18.2 Å². The third kappa shape index (κ3) is 3.59. The van der Waals surface area contributed by atoms with Gasteiger partial charge < -0.3 is 4.74 Å². The first-order valence-electron chi connectivity index (χ1n) is 5.50. The average Bonchev–Trinajstić information content (AvgIpc) is 2.38. The molecule has 0 saturated heterocycles. The summed E-state index contributed by atoms with van der Waals surface area (Å²) in [5, 5.41) is 0. The van der Waals surface area contributed by atoms with Crippen molar-refractivity contribution in [2.75, 3.05) is 0 Å². The summed E-state index contributed by atoms with van der Waals surface area (Å²) >= 11 is 0. The van der Waals surface area contributed by atoms with Crippen LogP contribution in [0.3, 0.4) is 0 Å². The molecule has 0 spiro atoms. The molecular formula is C16H11O2. The third-order valence-corrected chi connectivity index (χ3v) is 2.23. The Morgan fingerprint density at radius 1 is 1.06 bits per heavy atom. The molecule has 0 aliphatic heterocycles. The molecule has 2 rings (SSSR count). The van der Waals surface area contributed by atoms with Crippen molar-refractivity contribution in [2.24, 2.45) is 0 Å². The molecule has 0 N–H and O–H groups in total. The van der Waals surface area contributed by atoms with Crippen LogP contribution in [0.15, 0.2) is 36.4 Å². The van der Waals surface area contributed by atoms with Crippen LogP contribution in [-0.4, -0.2) is 5.97 Å². The lowest BCUT2D eigenvalue weighted by molar-refractivity contribution is -0.131. The minimum absolute atomic E-state index is 0.315. The quantitative estimate of drug-likeness (QED) is 0.464. The predicted molar refractivity (Wildman–Crippen MR) is 69.6 cm³/mol. The normalized spacial score (nSPS) is 10.5. The van der Waals surface area contributed by atoms with Crippen LogP contribution < -0.4 is 4.74 Å². The fraction of sp³-hybridized carbons (Fsp3) is 0.0625. The van der Waals surface area contributed by atoms with E-state index < -0.39 is 0 Å². The van der Waals surface area contributed by atoms with Gasteiger partial charge in [0.25, 0.3) is 0 Å². The maximum Gasteiger partial charge on any atom is 0.308 e. The van der Waals surface area contributed by atoms with E-state index in [4.69, 9.17) is 4.74 Å². The predicted octanol–water partition coefficient (Wildman–Crippen LogP) is 3.18. The van der Waals surface area contributed by atoms with Gasteiger partial charge in [0.05, 0.1) is 0 Å². The molecule has 87 valence electrons. The molecule has 0 aromatic heterocycles. The van der Waals surface area contributed by atoms with Crippen molar-refractivity contribution in [3.8, 4) is 5.75 Å². The number of hydrogen-bond donors (Lipinski definition) is 0. The number of esters is 1. The fourth-order valence-corrected chi connectivity index (χ4v) is 1.42. The highest BCUT2D eigenvalue weighted by Crippen LogP contribution is 2.14. The summed E-state index contributed by atoms with van der Waals surface area (Å²) in [6.45, 7) is 1.38. The van der Waals surface area contributed by atoms with E-state index in [2.05, 4.69) is 18.2 Å². The van der Waals surface area contributed by atoms with Gasteiger partial charge in [-0.15, -0.1) is 0 Å². The highest BCUT2D eigenvalue weighted by Gasteiger charge is 1.96. The van der Waals surface area contributed by atoms with E-state index in [0.29, 0.717) is 5.75 Å². The molecule has 0 heterocycles. The summed E-state index contributed by atoms with van der Waals surface area (Å²) in [6.07, 6.45) is 3.93. The third-order valence-electron chi connectivity index (χ3n) is 2.23. The number of carbonyl (C=O) groups excluding carboxylic acids is 1. The SMILES string of the molecule is CC(=O)Oc1ccc(/C=C/c2c[c][c][c]c2)cc1. The van der Waals surface area contributed by atoms with Gasteiger partial charge in [0.15, 0.2) is 0 Å². The highest BCUT2D eigenvalue weighted by molar-refractivity contribution is 5.71. The van der Waals surface area contributed by atoms with Crippen LogP contribution in [0.25, 0.3) is 12.2 Å². The van der Waals surface area contributed by atoms with Gasteiger partial charge in [0.2, 0.25) is 0 Å². The van der Waals surface area contributed by atoms with E-state index in [1.54, 1.807) is 12.1 Å². The van der Waals surface area contributed by atoms with E-state index in [1.807, 2.05) is 36.4 Å². The van der Waals surface area contributed by atoms with E-state index in [0.717, 1.165) is 11.1 Å². The van der Waals surface area contributed by atoms with Crippen LogP contribution in [0.4, 0.5) is 0 Å². The van der Waals surface area contributed by atoms with Gasteiger partial charge in [-0.05, 0) is 53.6 Å². The molecule has 18 heavy (non-hydrogen) atoms. The van der Waals surface area contributed by atoms with Crippen LogP contribution in [0.2, 0.25) is 0 Å². The molecular weight excluding hydrogens is 224 g/mol. The monoisotopic (exact) mass is 235 g/mol. The summed E-state index contributed by atoms with van der Waals surface area (Å²) in [5.74, 6) is 0.237. The molecule has 0 saturated carbocycles. The molecule has 0 aliphatic carbocycles. The number of carbonyl (C=O) groups is 1. The van der Waals surface area contributed by atoms with E-state index in [9.17, 15) is 4.79 Å². The molecule has 0 unspecified atom stereocenters. The maximum absolute atomic E-state index is 10.8. The lowest BCUT2D eigenvalue weighted by Gasteiger charge is -2.00. The van der Waals surface area contributed by atoms with Crippen molar-refractivity contribution in [2.45, 2.75) is 6.92 Å². The molecule has 2 aromatic rings. The van der Waals surface area contributed by atoms with Crippen molar-refractivity contribution < 1.29 is 9.53 Å². The lowest BCUT2D eigenvalue weighted by atomic mass is 10.1. The smallest absolute Gasteiger partial charge is 0.308 e. The Hall–Kier alpha value is -2.35. The van der Waals surface area contributed by atoms with Gasteiger partial charge in [0.1, 0.15) is 5.75 Å². The molecule has 2 heteroatoms. The van der Waals surface area contributed by atoms with E-state index in [-0.39, 0.29) is 5.97 Å². The summed E-state index contributed by atoms with van der Waals surface area (Å²) in [4.78, 5) is 10.8. The Bertz CT molecular complexity index is 539. The Balaban J connectivity index is 2.06. The Kier molecular flexibility index (Phi) is 3.92. The van der Waals surface area contributed by atoms with Crippen molar-refractivity contribution in [1.82, 2.24) is 0 Å². The first-order valence-corrected chi connectivity index (χ1v) is 5.50. The van der Waals surface area contributed by atoms with Gasteiger partial charge in [-0.3, -0.25) is 4.79 Å². The highest BCUT2D eigenvalue weighted by atomic mass is 16.5.